The third kappa shape index (κ3) is 10.9. The summed E-state index contributed by atoms with van der Waals surface area (Å²) in [6.07, 6.45) is 8.04. The fraction of sp³-hybridized carbons (Fsp3) is 0.500. The highest BCUT2D eigenvalue weighted by Crippen LogP contribution is 2.31. The highest BCUT2D eigenvalue weighted by Gasteiger charge is 2.25. The number of piperazine rings is 2. The Kier molecular flexibility index (Phi) is 14.1. The lowest BCUT2D eigenvalue weighted by molar-refractivity contribution is -0.121. The van der Waals surface area contributed by atoms with Crippen molar-refractivity contribution in [3.05, 3.63) is 77.9 Å². The monoisotopic (exact) mass is 714 g/mol. The number of carbonyl (C=O) groups excluding carboxylic acids is 2. The van der Waals surface area contributed by atoms with Crippen molar-refractivity contribution in [1.29, 1.82) is 0 Å². The summed E-state index contributed by atoms with van der Waals surface area (Å²) >= 11 is 1.44. The minimum atomic E-state index is -0.107. The molecule has 51 heavy (non-hydrogen) atoms. The Labute approximate surface area is 307 Å². The van der Waals surface area contributed by atoms with Crippen LogP contribution in [0.25, 0.3) is 0 Å². The Hall–Kier alpha value is -4.20. The van der Waals surface area contributed by atoms with Crippen LogP contribution in [-0.4, -0.2) is 121 Å². The van der Waals surface area contributed by atoms with Gasteiger partial charge in [-0.2, -0.15) is 0 Å². The predicted molar refractivity (Wildman–Crippen MR) is 211 cm³/mol. The molecule has 3 fully saturated rings. The van der Waals surface area contributed by atoms with E-state index in [2.05, 4.69) is 101 Å². The molecule has 2 unspecified atom stereocenters. The Bertz CT molecular complexity index is 1580. The van der Waals surface area contributed by atoms with Crippen molar-refractivity contribution in [2.45, 2.75) is 44.8 Å². The summed E-state index contributed by atoms with van der Waals surface area (Å²) in [5.74, 6) is 1.91. The van der Waals surface area contributed by atoms with E-state index < -0.39 is 0 Å². The molecule has 3 saturated heterocycles. The Balaban J connectivity index is 0.000000496. The van der Waals surface area contributed by atoms with E-state index in [0.717, 1.165) is 94.8 Å². The van der Waals surface area contributed by atoms with Gasteiger partial charge < -0.3 is 30.5 Å². The van der Waals surface area contributed by atoms with Gasteiger partial charge in [-0.1, -0.05) is 42.6 Å². The zero-order valence-corrected chi connectivity index (χ0v) is 31.4. The number of allylic oxidation sites excluding steroid dienone is 5. The number of nitrogens with zero attached hydrogens (tertiary/aromatic N) is 7. The first-order valence-electron chi connectivity index (χ1n) is 18.0. The molecule has 13 heteroatoms. The molecule has 1 aromatic heterocycles. The number of benzene rings is 1. The van der Waals surface area contributed by atoms with Crippen molar-refractivity contribution in [2.75, 3.05) is 94.2 Å². The van der Waals surface area contributed by atoms with Crippen LogP contribution in [0.15, 0.2) is 77.3 Å². The predicted octanol–water partition coefficient (Wildman–Crippen LogP) is 4.09. The smallest absolute Gasteiger partial charge is 0.224 e. The van der Waals surface area contributed by atoms with Gasteiger partial charge in [-0.15, -0.1) is 0 Å². The zero-order chi connectivity index (χ0) is 36.2. The van der Waals surface area contributed by atoms with Gasteiger partial charge in [-0.25, -0.2) is 9.97 Å². The average molecular weight is 715 g/mol. The first kappa shape index (κ1) is 38.0. The molecular formula is C38H54N10O2S. The molecule has 0 aliphatic carbocycles. The largest absolute Gasteiger partial charge is 0.391 e. The highest BCUT2D eigenvalue weighted by atomic mass is 32.2. The van der Waals surface area contributed by atoms with Gasteiger partial charge in [0.05, 0.1) is 11.8 Å². The van der Waals surface area contributed by atoms with Crippen LogP contribution < -0.4 is 25.8 Å². The quantitative estimate of drug-likeness (QED) is 0.244. The molecule has 6 rings (SSSR count). The van der Waals surface area contributed by atoms with E-state index in [1.165, 1.54) is 34.3 Å². The summed E-state index contributed by atoms with van der Waals surface area (Å²) in [6.45, 7) is 21.0. The van der Waals surface area contributed by atoms with Crippen LogP contribution in [0.3, 0.4) is 0 Å². The average Bonchev–Trinajstić information content (AvgIpc) is 3.62. The van der Waals surface area contributed by atoms with E-state index in [-0.39, 0.29) is 17.1 Å². The summed E-state index contributed by atoms with van der Waals surface area (Å²) in [7, 11) is 1.93. The summed E-state index contributed by atoms with van der Waals surface area (Å²) in [4.78, 5) is 45.7. The van der Waals surface area contributed by atoms with Crippen LogP contribution >= 0.6 is 11.8 Å². The van der Waals surface area contributed by atoms with E-state index in [0.29, 0.717) is 18.8 Å². The molecule has 5 heterocycles. The molecule has 4 aliphatic rings. The molecule has 4 aliphatic heterocycles. The number of piperidine rings is 1. The van der Waals surface area contributed by atoms with E-state index >= 15 is 0 Å². The standard InChI is InChI=1S/C30H39N9O2S.C8H15N/c1-22-26(6-7-29(41)34-22)23-2-4-24(5-3-23)38-14-10-36(11-15-38)8-9-37-12-16-39(17-13-37)28-18-27(32-21-33-28)35-30-31-19-25(20-40)42-30;1-5-6-7(2)8(3)9-4/h2-5,18,20-21,25-26H,1,6-17,19H2,(H,34,41)(H,31,32,33,35);5-6,9H,1-4H3/b;6-5-,8-7+. The van der Waals surface area contributed by atoms with Gasteiger partial charge >= 0.3 is 0 Å². The number of thioether (sulfide) groups is 1. The Morgan fingerprint density at radius 1 is 1.00 bits per heavy atom. The lowest BCUT2D eigenvalue weighted by Gasteiger charge is -2.39. The molecular weight excluding hydrogens is 661 g/mol. The molecule has 0 saturated carbocycles. The van der Waals surface area contributed by atoms with Crippen LogP contribution in [0.1, 0.15) is 45.1 Å². The van der Waals surface area contributed by atoms with Crippen molar-refractivity contribution < 1.29 is 9.59 Å². The Morgan fingerprint density at radius 2 is 1.67 bits per heavy atom. The minimum absolute atomic E-state index is 0.0730. The molecule has 1 aromatic carbocycles. The maximum absolute atomic E-state index is 11.6. The number of carbonyl (C=O) groups is 2. The summed E-state index contributed by atoms with van der Waals surface area (Å²) in [6, 6.07) is 10.8. The number of amides is 1. The van der Waals surface area contributed by atoms with Crippen LogP contribution in [0.5, 0.6) is 0 Å². The number of hydrogen-bond acceptors (Lipinski definition) is 12. The molecule has 0 spiro atoms. The van der Waals surface area contributed by atoms with Crippen LogP contribution in [0, 0.1) is 0 Å². The third-order valence-electron chi connectivity index (χ3n) is 9.94. The maximum atomic E-state index is 11.6. The first-order chi connectivity index (χ1) is 24.8. The third-order valence-corrected chi connectivity index (χ3v) is 11.0. The summed E-state index contributed by atoms with van der Waals surface area (Å²) < 4.78 is 0. The highest BCUT2D eigenvalue weighted by molar-refractivity contribution is 8.15. The molecule has 0 radical (unpaired) electrons. The second-order valence-electron chi connectivity index (χ2n) is 13.3. The fourth-order valence-electron chi connectivity index (χ4n) is 6.58. The van der Waals surface area contributed by atoms with Gasteiger partial charge in [0.1, 0.15) is 24.2 Å². The number of nitrogens with one attached hydrogen (secondary N) is 3. The molecule has 2 aromatic rings. The summed E-state index contributed by atoms with van der Waals surface area (Å²) in [5, 5.41) is 9.83. The lowest BCUT2D eigenvalue weighted by Crippen LogP contribution is -2.51. The number of aliphatic imine (C=N–C) groups is 1. The van der Waals surface area contributed by atoms with E-state index in [9.17, 15) is 9.59 Å². The number of hydrogen-bond donors (Lipinski definition) is 3. The van der Waals surface area contributed by atoms with Gasteiger partial charge in [0.2, 0.25) is 5.91 Å². The second kappa shape index (κ2) is 18.9. The number of amidine groups is 1. The van der Waals surface area contributed by atoms with E-state index in [4.69, 9.17) is 0 Å². The maximum Gasteiger partial charge on any atom is 0.224 e. The minimum Gasteiger partial charge on any atom is -0.391 e. The van der Waals surface area contributed by atoms with Crippen LogP contribution in [0.4, 0.5) is 17.3 Å². The van der Waals surface area contributed by atoms with Crippen molar-refractivity contribution >= 4 is 46.4 Å². The van der Waals surface area contributed by atoms with Crippen molar-refractivity contribution in [1.82, 2.24) is 30.4 Å². The van der Waals surface area contributed by atoms with Gasteiger partial charge in [0.25, 0.3) is 0 Å². The van der Waals surface area contributed by atoms with Crippen molar-refractivity contribution in [3.8, 4) is 0 Å². The molecule has 3 N–H and O–H groups in total. The Morgan fingerprint density at radius 3 is 2.25 bits per heavy atom. The zero-order valence-electron chi connectivity index (χ0n) is 30.6. The number of aldehydes is 1. The van der Waals surface area contributed by atoms with Crippen LogP contribution in [-0.2, 0) is 9.59 Å². The van der Waals surface area contributed by atoms with Crippen molar-refractivity contribution in [3.63, 3.8) is 0 Å². The molecule has 0 bridgehead atoms. The van der Waals surface area contributed by atoms with Gasteiger partial charge in [-0.05, 0) is 50.5 Å². The molecule has 1 amide bonds. The lowest BCUT2D eigenvalue weighted by atomic mass is 9.88. The molecule has 2 atom stereocenters. The topological polar surface area (TPSA) is 121 Å². The van der Waals surface area contributed by atoms with Crippen LogP contribution in [0.2, 0.25) is 0 Å². The summed E-state index contributed by atoms with van der Waals surface area (Å²) in [5.41, 5.74) is 5.83. The number of rotatable bonds is 10. The number of anilines is 3. The van der Waals surface area contributed by atoms with Gasteiger partial charge in [-0.3, -0.25) is 19.6 Å². The fourth-order valence-corrected chi connectivity index (χ4v) is 7.38. The molecule has 274 valence electrons. The van der Waals surface area contributed by atoms with Crippen molar-refractivity contribution in [2.24, 2.45) is 4.99 Å². The van der Waals surface area contributed by atoms with Gasteiger partial charge in [0.15, 0.2) is 5.17 Å². The first-order valence-corrected chi connectivity index (χ1v) is 18.9. The van der Waals surface area contributed by atoms with Gasteiger partial charge in [0, 0.05) is 108 Å². The second-order valence-corrected chi connectivity index (χ2v) is 14.5. The van der Waals surface area contributed by atoms with E-state index in [1.807, 2.05) is 26.1 Å². The van der Waals surface area contributed by atoms with E-state index in [1.54, 1.807) is 6.33 Å². The normalized spacial score (nSPS) is 22.2. The molecule has 12 nitrogen and oxygen atoms in total. The SMILES string of the molecule is C/C=C\C(C)=C(/C)NC.C=C1NC(=O)CCC1c1ccc(N2CCN(CCN3CCN(c4cc(NC5=NCC(C=O)S5)ncn4)CC3)CC2)cc1. The number of aromatic nitrogens is 2.